The first-order valence-electron chi connectivity index (χ1n) is 9.66. The van der Waals surface area contributed by atoms with Gasteiger partial charge in [0.25, 0.3) is 0 Å². The molecule has 0 amide bonds. The minimum absolute atomic E-state index is 0.484. The Morgan fingerprint density at radius 1 is 1.14 bits per heavy atom. The zero-order valence-corrected chi connectivity index (χ0v) is 17.4. The Balaban J connectivity index is 1.90. The number of para-hydroxylation sites is 1. The highest BCUT2D eigenvalue weighted by atomic mass is 32.1. The molecule has 2 aromatic carbocycles. The fourth-order valence-electron chi connectivity index (χ4n) is 2.71. The van der Waals surface area contributed by atoms with Crippen molar-refractivity contribution < 1.29 is 4.74 Å². The van der Waals surface area contributed by atoms with Crippen LogP contribution in [-0.2, 0) is 0 Å². The summed E-state index contributed by atoms with van der Waals surface area (Å²) >= 11 is 5.16. The SMILES string of the molecule is CCCOc1ccc(-c2nn(-c3ccccc3)cc2/C=N\NC(=S)NCC)cc1. The zero-order chi connectivity index (χ0) is 20.5. The number of hydrogen-bond donors (Lipinski definition) is 2. The second-order valence-electron chi connectivity index (χ2n) is 6.32. The van der Waals surface area contributed by atoms with Crippen LogP contribution in [0, 0.1) is 0 Å². The third-order valence-corrected chi connectivity index (χ3v) is 4.31. The van der Waals surface area contributed by atoms with Crippen molar-refractivity contribution in [3.8, 4) is 22.7 Å². The highest BCUT2D eigenvalue weighted by molar-refractivity contribution is 7.80. The highest BCUT2D eigenvalue weighted by Gasteiger charge is 2.11. The van der Waals surface area contributed by atoms with E-state index in [0.717, 1.165) is 41.2 Å². The summed E-state index contributed by atoms with van der Waals surface area (Å²) in [6.07, 6.45) is 4.66. The molecule has 0 atom stereocenters. The molecule has 0 radical (unpaired) electrons. The topological polar surface area (TPSA) is 63.5 Å². The van der Waals surface area contributed by atoms with Crippen LogP contribution in [-0.4, -0.2) is 34.3 Å². The van der Waals surface area contributed by atoms with Gasteiger partial charge in [0.1, 0.15) is 11.4 Å². The average Bonchev–Trinajstić information content (AvgIpc) is 3.17. The van der Waals surface area contributed by atoms with E-state index in [9.17, 15) is 0 Å². The van der Waals surface area contributed by atoms with Gasteiger partial charge in [0.15, 0.2) is 5.11 Å². The maximum atomic E-state index is 5.68. The normalized spacial score (nSPS) is 10.8. The maximum absolute atomic E-state index is 5.68. The number of aromatic nitrogens is 2. The van der Waals surface area contributed by atoms with Crippen LogP contribution in [0.2, 0.25) is 0 Å². The van der Waals surface area contributed by atoms with Gasteiger partial charge in [0.05, 0.1) is 18.5 Å². The summed E-state index contributed by atoms with van der Waals surface area (Å²) < 4.78 is 7.53. The summed E-state index contributed by atoms with van der Waals surface area (Å²) in [4.78, 5) is 0. The van der Waals surface area contributed by atoms with Gasteiger partial charge < -0.3 is 10.1 Å². The molecule has 2 N–H and O–H groups in total. The van der Waals surface area contributed by atoms with E-state index in [4.69, 9.17) is 22.1 Å². The van der Waals surface area contributed by atoms with Crippen molar-refractivity contribution in [1.29, 1.82) is 0 Å². The molecule has 0 spiro atoms. The van der Waals surface area contributed by atoms with Crippen LogP contribution < -0.4 is 15.5 Å². The molecule has 0 bridgehead atoms. The second kappa shape index (κ2) is 10.4. The van der Waals surface area contributed by atoms with Crippen molar-refractivity contribution >= 4 is 23.5 Å². The van der Waals surface area contributed by atoms with Crippen LogP contribution in [0.5, 0.6) is 5.75 Å². The number of benzene rings is 2. The summed E-state index contributed by atoms with van der Waals surface area (Å²) in [5.41, 5.74) is 6.50. The Bertz CT molecular complexity index is 951. The molecule has 7 heteroatoms. The first-order chi connectivity index (χ1) is 14.2. The third-order valence-electron chi connectivity index (χ3n) is 4.07. The molecule has 3 rings (SSSR count). The van der Waals surface area contributed by atoms with Crippen LogP contribution in [0.1, 0.15) is 25.8 Å². The lowest BCUT2D eigenvalue weighted by molar-refractivity contribution is 0.317. The molecule has 0 aliphatic carbocycles. The fraction of sp³-hybridized carbons (Fsp3) is 0.227. The van der Waals surface area contributed by atoms with Gasteiger partial charge in [0.2, 0.25) is 0 Å². The van der Waals surface area contributed by atoms with Gasteiger partial charge in [-0.05, 0) is 62.0 Å². The molecule has 1 heterocycles. The highest BCUT2D eigenvalue weighted by Crippen LogP contribution is 2.25. The monoisotopic (exact) mass is 407 g/mol. The average molecular weight is 408 g/mol. The van der Waals surface area contributed by atoms with Gasteiger partial charge in [-0.3, -0.25) is 5.43 Å². The first-order valence-corrected chi connectivity index (χ1v) is 10.1. The van der Waals surface area contributed by atoms with Crippen LogP contribution in [0.3, 0.4) is 0 Å². The quantitative estimate of drug-likeness (QED) is 0.334. The van der Waals surface area contributed by atoms with Crippen molar-refractivity contribution in [2.24, 2.45) is 5.10 Å². The predicted octanol–water partition coefficient (Wildman–Crippen LogP) is 4.15. The van der Waals surface area contributed by atoms with Gasteiger partial charge in [-0.2, -0.15) is 10.2 Å². The van der Waals surface area contributed by atoms with E-state index in [0.29, 0.717) is 11.7 Å². The number of nitrogens with one attached hydrogen (secondary N) is 2. The molecule has 3 aromatic rings. The van der Waals surface area contributed by atoms with Crippen LogP contribution in [0.4, 0.5) is 0 Å². The Kier molecular flexibility index (Phi) is 7.35. The van der Waals surface area contributed by atoms with E-state index in [-0.39, 0.29) is 0 Å². The Labute approximate surface area is 176 Å². The third kappa shape index (κ3) is 5.65. The van der Waals surface area contributed by atoms with Crippen LogP contribution >= 0.6 is 12.2 Å². The Morgan fingerprint density at radius 2 is 1.90 bits per heavy atom. The summed E-state index contributed by atoms with van der Waals surface area (Å²) in [6, 6.07) is 17.9. The van der Waals surface area contributed by atoms with Crippen molar-refractivity contribution in [2.45, 2.75) is 20.3 Å². The van der Waals surface area contributed by atoms with Crippen LogP contribution in [0.15, 0.2) is 65.9 Å². The fourth-order valence-corrected chi connectivity index (χ4v) is 2.91. The number of ether oxygens (including phenoxy) is 1. The van der Waals surface area contributed by atoms with Gasteiger partial charge >= 0.3 is 0 Å². The van der Waals surface area contributed by atoms with E-state index in [1.165, 1.54) is 0 Å². The number of hydrogen-bond acceptors (Lipinski definition) is 4. The number of nitrogens with zero attached hydrogens (tertiary/aromatic N) is 3. The molecule has 0 unspecified atom stereocenters. The molecule has 1 aromatic heterocycles. The Hall–Kier alpha value is -3.19. The van der Waals surface area contributed by atoms with Crippen molar-refractivity contribution in [2.75, 3.05) is 13.2 Å². The van der Waals surface area contributed by atoms with Gasteiger partial charge in [-0.15, -0.1) is 0 Å². The molecule has 0 saturated heterocycles. The van der Waals surface area contributed by atoms with Crippen molar-refractivity contribution in [3.63, 3.8) is 0 Å². The molecular formula is C22H25N5OS. The standard InChI is InChI=1S/C22H25N5OS/c1-3-14-28-20-12-10-17(11-13-20)21-18(15-24-25-22(29)23-4-2)16-27(26-21)19-8-6-5-7-9-19/h5-13,15-16H,3-4,14H2,1-2H3,(H2,23,25,29)/b24-15-. The molecule has 0 aliphatic heterocycles. The van der Waals surface area contributed by atoms with Gasteiger partial charge in [-0.1, -0.05) is 25.1 Å². The molecule has 29 heavy (non-hydrogen) atoms. The van der Waals surface area contributed by atoms with Crippen molar-refractivity contribution in [1.82, 2.24) is 20.5 Å². The molecule has 0 saturated carbocycles. The lowest BCUT2D eigenvalue weighted by atomic mass is 10.1. The largest absolute Gasteiger partial charge is 0.494 e. The van der Waals surface area contributed by atoms with E-state index >= 15 is 0 Å². The maximum Gasteiger partial charge on any atom is 0.186 e. The van der Waals surface area contributed by atoms with Crippen LogP contribution in [0.25, 0.3) is 16.9 Å². The van der Waals surface area contributed by atoms with E-state index in [1.54, 1.807) is 6.21 Å². The number of hydrazone groups is 1. The molecular weight excluding hydrogens is 382 g/mol. The lowest BCUT2D eigenvalue weighted by Gasteiger charge is -2.05. The van der Waals surface area contributed by atoms with Crippen molar-refractivity contribution in [3.05, 3.63) is 66.4 Å². The summed E-state index contributed by atoms with van der Waals surface area (Å²) in [6.45, 7) is 5.52. The molecule has 0 aliphatic rings. The second-order valence-corrected chi connectivity index (χ2v) is 6.72. The zero-order valence-electron chi connectivity index (χ0n) is 16.6. The lowest BCUT2D eigenvalue weighted by Crippen LogP contribution is -2.31. The summed E-state index contributed by atoms with van der Waals surface area (Å²) in [5.74, 6) is 0.853. The van der Waals surface area contributed by atoms with Gasteiger partial charge in [-0.25, -0.2) is 4.68 Å². The molecule has 6 nitrogen and oxygen atoms in total. The van der Waals surface area contributed by atoms with E-state index in [2.05, 4.69) is 22.8 Å². The predicted molar refractivity (Wildman–Crippen MR) is 122 cm³/mol. The summed E-state index contributed by atoms with van der Waals surface area (Å²) in [5, 5.41) is 12.5. The van der Waals surface area contributed by atoms with E-state index in [1.807, 2.05) is 72.4 Å². The summed E-state index contributed by atoms with van der Waals surface area (Å²) in [7, 11) is 0. The molecule has 0 fully saturated rings. The number of thiocarbonyl (C=S) groups is 1. The smallest absolute Gasteiger partial charge is 0.186 e. The Morgan fingerprint density at radius 3 is 2.59 bits per heavy atom. The minimum atomic E-state index is 0.484. The number of rotatable bonds is 8. The molecule has 150 valence electrons. The van der Waals surface area contributed by atoms with Gasteiger partial charge in [0, 0.05) is 23.9 Å². The van der Waals surface area contributed by atoms with E-state index < -0.39 is 0 Å². The first kappa shape index (κ1) is 20.5. The minimum Gasteiger partial charge on any atom is -0.494 e.